The first-order valence-corrected chi connectivity index (χ1v) is 6.16. The number of benzene rings is 1. The number of nitrogens with zero attached hydrogens (tertiary/aromatic N) is 1. The van der Waals surface area contributed by atoms with E-state index in [0.717, 1.165) is 25.8 Å². The van der Waals surface area contributed by atoms with E-state index in [1.807, 2.05) is 0 Å². The minimum Gasteiger partial charge on any atom is -0.480 e. The summed E-state index contributed by atoms with van der Waals surface area (Å²) in [5, 5.41) is 8.85. The van der Waals surface area contributed by atoms with E-state index in [1.165, 1.54) is 11.1 Å². The van der Waals surface area contributed by atoms with Gasteiger partial charge in [0.15, 0.2) is 0 Å². The van der Waals surface area contributed by atoms with Crippen molar-refractivity contribution in [1.82, 2.24) is 4.90 Å². The van der Waals surface area contributed by atoms with Crippen LogP contribution in [-0.4, -0.2) is 35.1 Å². The number of carboxylic acid groups (broad SMARTS) is 1. The van der Waals surface area contributed by atoms with Crippen LogP contribution < -0.4 is 0 Å². The number of likely N-dealkylation sites (tertiary alicyclic amines) is 1. The molecule has 3 nitrogen and oxygen atoms in total. The van der Waals surface area contributed by atoms with E-state index in [-0.39, 0.29) is 6.54 Å². The molecule has 1 aliphatic heterocycles. The number of rotatable bonds is 4. The van der Waals surface area contributed by atoms with Crippen molar-refractivity contribution in [3.05, 3.63) is 35.4 Å². The van der Waals surface area contributed by atoms with Crippen LogP contribution in [0.1, 0.15) is 24.0 Å². The Balaban J connectivity index is 1.97. The highest BCUT2D eigenvalue weighted by Crippen LogP contribution is 2.20. The van der Waals surface area contributed by atoms with Crippen molar-refractivity contribution in [1.29, 1.82) is 0 Å². The minimum absolute atomic E-state index is 0.177. The molecule has 1 aromatic carbocycles. The van der Waals surface area contributed by atoms with Gasteiger partial charge in [0.25, 0.3) is 0 Å². The standard InChI is InChI=1S/C14H19NO2/c1-11-4-6-12(7-5-11)9-13-3-2-8-15(13)10-14(16)17/h4-7,13H,2-3,8-10H2,1H3,(H,16,17)/t13-/m1/s1. The molecule has 92 valence electrons. The van der Waals surface area contributed by atoms with Crippen molar-refractivity contribution in [3.63, 3.8) is 0 Å². The van der Waals surface area contributed by atoms with Gasteiger partial charge in [-0.05, 0) is 38.3 Å². The van der Waals surface area contributed by atoms with Gasteiger partial charge >= 0.3 is 5.97 Å². The molecular formula is C14H19NO2. The molecule has 3 heteroatoms. The Kier molecular flexibility index (Phi) is 3.79. The van der Waals surface area contributed by atoms with Crippen LogP contribution in [0, 0.1) is 6.92 Å². The van der Waals surface area contributed by atoms with Crippen molar-refractivity contribution in [2.45, 2.75) is 32.2 Å². The summed E-state index contributed by atoms with van der Waals surface area (Å²) >= 11 is 0. The van der Waals surface area contributed by atoms with E-state index in [2.05, 4.69) is 36.1 Å². The summed E-state index contributed by atoms with van der Waals surface area (Å²) in [6.45, 7) is 3.18. The van der Waals surface area contributed by atoms with Crippen LogP contribution in [0.15, 0.2) is 24.3 Å². The third-order valence-corrected chi connectivity index (χ3v) is 3.43. The molecule has 1 saturated heterocycles. The molecule has 0 spiro atoms. The molecule has 1 aromatic rings. The van der Waals surface area contributed by atoms with Crippen LogP contribution in [0.3, 0.4) is 0 Å². The second-order valence-electron chi connectivity index (χ2n) is 4.85. The molecule has 0 aromatic heterocycles. The average molecular weight is 233 g/mol. The van der Waals surface area contributed by atoms with Gasteiger partial charge in [0.2, 0.25) is 0 Å². The normalized spacial score (nSPS) is 20.6. The highest BCUT2D eigenvalue weighted by Gasteiger charge is 2.25. The number of aryl methyl sites for hydroxylation is 1. The Bertz CT molecular complexity index is 386. The third-order valence-electron chi connectivity index (χ3n) is 3.43. The zero-order valence-electron chi connectivity index (χ0n) is 10.2. The maximum atomic E-state index is 10.8. The Morgan fingerprint density at radius 1 is 1.41 bits per heavy atom. The Hall–Kier alpha value is -1.35. The molecule has 0 bridgehead atoms. The van der Waals surface area contributed by atoms with E-state index in [1.54, 1.807) is 0 Å². The van der Waals surface area contributed by atoms with Crippen molar-refractivity contribution < 1.29 is 9.90 Å². The van der Waals surface area contributed by atoms with Gasteiger partial charge in [-0.1, -0.05) is 29.8 Å². The molecule has 0 amide bonds. The number of hydrogen-bond acceptors (Lipinski definition) is 2. The maximum Gasteiger partial charge on any atom is 0.317 e. The lowest BCUT2D eigenvalue weighted by Crippen LogP contribution is -2.35. The maximum absolute atomic E-state index is 10.8. The molecule has 0 radical (unpaired) electrons. The van der Waals surface area contributed by atoms with Gasteiger partial charge in [0.05, 0.1) is 6.54 Å². The summed E-state index contributed by atoms with van der Waals surface area (Å²) < 4.78 is 0. The van der Waals surface area contributed by atoms with Crippen LogP contribution in [-0.2, 0) is 11.2 Å². The van der Waals surface area contributed by atoms with Gasteiger partial charge in [-0.2, -0.15) is 0 Å². The zero-order valence-corrected chi connectivity index (χ0v) is 10.2. The molecule has 1 N–H and O–H groups in total. The van der Waals surface area contributed by atoms with E-state index < -0.39 is 5.97 Å². The summed E-state index contributed by atoms with van der Waals surface area (Å²) in [7, 11) is 0. The smallest absolute Gasteiger partial charge is 0.317 e. The summed E-state index contributed by atoms with van der Waals surface area (Å²) in [6, 6.07) is 8.92. The first-order valence-electron chi connectivity index (χ1n) is 6.16. The number of carbonyl (C=O) groups is 1. The van der Waals surface area contributed by atoms with Crippen LogP contribution in [0.2, 0.25) is 0 Å². The molecule has 1 aliphatic rings. The lowest BCUT2D eigenvalue weighted by molar-refractivity contribution is -0.138. The molecule has 1 fully saturated rings. The lowest BCUT2D eigenvalue weighted by Gasteiger charge is -2.22. The summed E-state index contributed by atoms with van der Waals surface area (Å²) in [4.78, 5) is 12.8. The zero-order chi connectivity index (χ0) is 12.3. The highest BCUT2D eigenvalue weighted by atomic mass is 16.4. The van der Waals surface area contributed by atoms with Gasteiger partial charge in [0, 0.05) is 6.04 Å². The van der Waals surface area contributed by atoms with Crippen LogP contribution >= 0.6 is 0 Å². The third kappa shape index (κ3) is 3.30. The fourth-order valence-electron chi connectivity index (χ4n) is 2.50. The van der Waals surface area contributed by atoms with Crippen LogP contribution in [0.4, 0.5) is 0 Å². The summed E-state index contributed by atoms with van der Waals surface area (Å²) in [5.74, 6) is -0.721. The quantitative estimate of drug-likeness (QED) is 0.865. The topological polar surface area (TPSA) is 40.5 Å². The molecule has 1 atom stereocenters. The average Bonchev–Trinajstić information content (AvgIpc) is 2.68. The van der Waals surface area contributed by atoms with Gasteiger partial charge in [-0.3, -0.25) is 9.69 Å². The summed E-state index contributed by atoms with van der Waals surface area (Å²) in [6.07, 6.45) is 3.19. The molecule has 0 aliphatic carbocycles. The van der Waals surface area contributed by atoms with E-state index in [0.29, 0.717) is 6.04 Å². The molecule has 17 heavy (non-hydrogen) atoms. The Morgan fingerprint density at radius 3 is 2.76 bits per heavy atom. The van der Waals surface area contributed by atoms with Gasteiger partial charge in [-0.25, -0.2) is 0 Å². The molecule has 0 unspecified atom stereocenters. The van der Waals surface area contributed by atoms with Crippen molar-refractivity contribution in [3.8, 4) is 0 Å². The Labute approximate surface area is 102 Å². The fraction of sp³-hybridized carbons (Fsp3) is 0.500. The van der Waals surface area contributed by atoms with Crippen molar-refractivity contribution in [2.75, 3.05) is 13.1 Å². The lowest BCUT2D eigenvalue weighted by atomic mass is 10.0. The SMILES string of the molecule is Cc1ccc(C[C@H]2CCCN2CC(=O)O)cc1. The second-order valence-corrected chi connectivity index (χ2v) is 4.85. The predicted molar refractivity (Wildman–Crippen MR) is 67.1 cm³/mol. The van der Waals surface area contributed by atoms with Crippen LogP contribution in [0.25, 0.3) is 0 Å². The molecular weight excluding hydrogens is 214 g/mol. The van der Waals surface area contributed by atoms with Crippen molar-refractivity contribution in [2.24, 2.45) is 0 Å². The monoisotopic (exact) mass is 233 g/mol. The first kappa shape index (κ1) is 12.1. The van der Waals surface area contributed by atoms with E-state index in [4.69, 9.17) is 5.11 Å². The highest BCUT2D eigenvalue weighted by molar-refractivity contribution is 5.69. The van der Waals surface area contributed by atoms with Gasteiger partial charge in [0.1, 0.15) is 0 Å². The van der Waals surface area contributed by atoms with E-state index in [9.17, 15) is 4.79 Å². The second kappa shape index (κ2) is 5.32. The molecule has 1 heterocycles. The Morgan fingerprint density at radius 2 is 2.12 bits per heavy atom. The summed E-state index contributed by atoms with van der Waals surface area (Å²) in [5.41, 5.74) is 2.57. The fourth-order valence-corrected chi connectivity index (χ4v) is 2.50. The van der Waals surface area contributed by atoms with Crippen molar-refractivity contribution >= 4 is 5.97 Å². The van der Waals surface area contributed by atoms with E-state index >= 15 is 0 Å². The predicted octanol–water partition coefficient (Wildman–Crippen LogP) is 2.09. The largest absolute Gasteiger partial charge is 0.480 e. The molecule has 0 saturated carbocycles. The number of hydrogen-bond donors (Lipinski definition) is 1. The van der Waals surface area contributed by atoms with Crippen LogP contribution in [0.5, 0.6) is 0 Å². The first-order chi connectivity index (χ1) is 8.15. The van der Waals surface area contributed by atoms with Gasteiger partial charge in [-0.15, -0.1) is 0 Å². The number of carboxylic acids is 1. The minimum atomic E-state index is -0.721. The molecule has 2 rings (SSSR count). The van der Waals surface area contributed by atoms with Gasteiger partial charge < -0.3 is 5.11 Å². The number of aliphatic carboxylic acids is 1.